The summed E-state index contributed by atoms with van der Waals surface area (Å²) in [6.07, 6.45) is 7.38. The molecule has 2 aromatic heterocycles. The lowest BCUT2D eigenvalue weighted by atomic mass is 9.92. The third-order valence-electron chi connectivity index (χ3n) is 5.98. The maximum absolute atomic E-state index is 5.57. The number of hydrogen-bond acceptors (Lipinski definition) is 4. The van der Waals surface area contributed by atoms with Gasteiger partial charge in [0.1, 0.15) is 5.65 Å². The van der Waals surface area contributed by atoms with Crippen LogP contribution in [0.3, 0.4) is 0 Å². The minimum absolute atomic E-state index is 0.470. The van der Waals surface area contributed by atoms with Crippen LogP contribution >= 0.6 is 0 Å². The van der Waals surface area contributed by atoms with Gasteiger partial charge in [0.05, 0.1) is 25.5 Å². The van der Waals surface area contributed by atoms with Crippen molar-refractivity contribution in [3.05, 3.63) is 36.3 Å². The molecule has 1 saturated heterocycles. The van der Waals surface area contributed by atoms with Crippen molar-refractivity contribution in [1.82, 2.24) is 24.9 Å². The molecule has 30 heavy (non-hydrogen) atoms. The predicted octanol–water partition coefficient (Wildman–Crippen LogP) is 2.57. The van der Waals surface area contributed by atoms with Crippen molar-refractivity contribution in [2.24, 2.45) is 10.9 Å². The van der Waals surface area contributed by atoms with Gasteiger partial charge < -0.3 is 19.8 Å². The molecule has 1 aliphatic heterocycles. The molecule has 2 N–H and O–H groups in total. The van der Waals surface area contributed by atoms with Crippen molar-refractivity contribution in [2.45, 2.75) is 46.1 Å². The monoisotopic (exact) mass is 414 g/mol. The van der Waals surface area contributed by atoms with Gasteiger partial charge in [-0.1, -0.05) is 32.8 Å². The summed E-state index contributed by atoms with van der Waals surface area (Å²) in [5.74, 6) is 1.55. The topological polar surface area (TPSA) is 66.2 Å². The number of guanidine groups is 1. The van der Waals surface area contributed by atoms with Crippen molar-refractivity contribution >= 4 is 11.6 Å². The van der Waals surface area contributed by atoms with Gasteiger partial charge in [0, 0.05) is 51.0 Å². The molecule has 3 heterocycles. The molecule has 3 rings (SSSR count). The van der Waals surface area contributed by atoms with Crippen LogP contribution in [0.25, 0.3) is 5.65 Å². The van der Waals surface area contributed by atoms with Crippen LogP contribution in [0.15, 0.2) is 35.6 Å². The van der Waals surface area contributed by atoms with E-state index >= 15 is 0 Å². The smallest absolute Gasteiger partial charge is 0.191 e. The van der Waals surface area contributed by atoms with Crippen LogP contribution in [-0.2, 0) is 11.2 Å². The highest BCUT2D eigenvalue weighted by Crippen LogP contribution is 2.20. The van der Waals surface area contributed by atoms with Crippen LogP contribution in [0.1, 0.15) is 39.3 Å². The van der Waals surface area contributed by atoms with Crippen LogP contribution in [-0.4, -0.2) is 72.2 Å². The lowest BCUT2D eigenvalue weighted by Crippen LogP contribution is -2.49. The number of morpholine rings is 1. The molecule has 0 spiro atoms. The Bertz CT molecular complexity index is 746. The summed E-state index contributed by atoms with van der Waals surface area (Å²) in [4.78, 5) is 12.2. The van der Waals surface area contributed by atoms with Gasteiger partial charge in [-0.3, -0.25) is 9.89 Å². The Morgan fingerprint density at radius 1 is 1.17 bits per heavy atom. The summed E-state index contributed by atoms with van der Waals surface area (Å²) >= 11 is 0. The number of rotatable bonds is 10. The highest BCUT2D eigenvalue weighted by molar-refractivity contribution is 5.79. The van der Waals surface area contributed by atoms with Crippen molar-refractivity contribution in [3.63, 3.8) is 0 Å². The average Bonchev–Trinajstić information content (AvgIpc) is 3.20. The first kappa shape index (κ1) is 22.6. The first-order valence-electron chi connectivity index (χ1n) is 11.5. The number of pyridine rings is 1. The van der Waals surface area contributed by atoms with E-state index in [9.17, 15) is 0 Å². The first-order chi connectivity index (χ1) is 14.7. The number of hydrogen-bond donors (Lipinski definition) is 2. The number of imidazole rings is 1. The molecule has 0 bridgehead atoms. The van der Waals surface area contributed by atoms with E-state index in [1.54, 1.807) is 0 Å². The van der Waals surface area contributed by atoms with E-state index in [0.29, 0.717) is 12.0 Å². The Morgan fingerprint density at radius 3 is 2.67 bits per heavy atom. The van der Waals surface area contributed by atoms with Crippen molar-refractivity contribution in [3.8, 4) is 0 Å². The van der Waals surface area contributed by atoms with Gasteiger partial charge in [-0.2, -0.15) is 0 Å². The Kier molecular flexibility index (Phi) is 8.96. The van der Waals surface area contributed by atoms with Gasteiger partial charge in [0.15, 0.2) is 5.96 Å². The lowest BCUT2D eigenvalue weighted by molar-refractivity contribution is 0.00395. The Hall–Kier alpha value is -2.12. The number of aromatic nitrogens is 2. The van der Waals surface area contributed by atoms with E-state index in [0.717, 1.165) is 69.7 Å². The lowest BCUT2D eigenvalue weighted by Gasteiger charge is -2.38. The zero-order valence-corrected chi connectivity index (χ0v) is 18.8. The van der Waals surface area contributed by atoms with E-state index in [4.69, 9.17) is 9.73 Å². The second-order valence-corrected chi connectivity index (χ2v) is 7.89. The Balaban J connectivity index is 1.59. The minimum Gasteiger partial charge on any atom is -0.379 e. The normalized spacial score (nSPS) is 16.9. The summed E-state index contributed by atoms with van der Waals surface area (Å²) in [5.41, 5.74) is 2.08. The third-order valence-corrected chi connectivity index (χ3v) is 5.98. The molecule has 1 fully saturated rings. The second-order valence-electron chi connectivity index (χ2n) is 7.89. The zero-order chi connectivity index (χ0) is 21.2. The molecule has 166 valence electrons. The molecular weight excluding hydrogens is 376 g/mol. The average molecular weight is 415 g/mol. The fourth-order valence-corrected chi connectivity index (χ4v) is 4.25. The fourth-order valence-electron chi connectivity index (χ4n) is 4.25. The first-order valence-corrected chi connectivity index (χ1v) is 11.5. The molecule has 1 atom stereocenters. The Labute approximate surface area is 180 Å². The number of nitrogens with one attached hydrogen (secondary N) is 2. The van der Waals surface area contributed by atoms with Gasteiger partial charge in [0.2, 0.25) is 0 Å². The van der Waals surface area contributed by atoms with Crippen LogP contribution in [0.5, 0.6) is 0 Å². The summed E-state index contributed by atoms with van der Waals surface area (Å²) in [6, 6.07) is 6.55. The SMILES string of the molecule is CCNC(=NCC(C(CC)CC)N1CCOCC1)NCCc1cn2ccccc2n1. The van der Waals surface area contributed by atoms with Crippen molar-refractivity contribution in [2.75, 3.05) is 45.9 Å². The zero-order valence-electron chi connectivity index (χ0n) is 18.8. The molecule has 0 saturated carbocycles. The van der Waals surface area contributed by atoms with E-state index in [1.165, 1.54) is 12.8 Å². The summed E-state index contributed by atoms with van der Waals surface area (Å²) in [6.45, 7) is 12.9. The molecule has 2 aromatic rings. The molecule has 0 amide bonds. The molecule has 0 radical (unpaired) electrons. The predicted molar refractivity (Wildman–Crippen MR) is 123 cm³/mol. The quantitative estimate of drug-likeness (QED) is 0.462. The number of aliphatic imine (C=N–C) groups is 1. The van der Waals surface area contributed by atoms with E-state index in [1.807, 2.05) is 24.4 Å². The van der Waals surface area contributed by atoms with Gasteiger partial charge in [-0.25, -0.2) is 4.98 Å². The fraction of sp³-hybridized carbons (Fsp3) is 0.652. The van der Waals surface area contributed by atoms with Crippen LogP contribution in [0, 0.1) is 5.92 Å². The highest BCUT2D eigenvalue weighted by atomic mass is 16.5. The number of ether oxygens (including phenoxy) is 1. The van der Waals surface area contributed by atoms with E-state index in [-0.39, 0.29) is 0 Å². The second kappa shape index (κ2) is 11.9. The van der Waals surface area contributed by atoms with Crippen molar-refractivity contribution < 1.29 is 4.74 Å². The number of fused-ring (bicyclic) bond motifs is 1. The summed E-state index contributed by atoms with van der Waals surface area (Å²) < 4.78 is 7.63. The molecular formula is C23H38N6O. The van der Waals surface area contributed by atoms with E-state index < -0.39 is 0 Å². The van der Waals surface area contributed by atoms with Gasteiger partial charge >= 0.3 is 0 Å². The highest BCUT2D eigenvalue weighted by Gasteiger charge is 2.26. The molecule has 1 aliphatic rings. The van der Waals surface area contributed by atoms with Crippen LogP contribution in [0.4, 0.5) is 0 Å². The van der Waals surface area contributed by atoms with Crippen LogP contribution < -0.4 is 10.6 Å². The summed E-state index contributed by atoms with van der Waals surface area (Å²) in [7, 11) is 0. The third kappa shape index (κ3) is 6.19. The molecule has 0 aromatic carbocycles. The van der Waals surface area contributed by atoms with Gasteiger partial charge in [0.25, 0.3) is 0 Å². The maximum atomic E-state index is 5.57. The van der Waals surface area contributed by atoms with Gasteiger partial charge in [-0.05, 0) is 25.0 Å². The van der Waals surface area contributed by atoms with E-state index in [2.05, 4.69) is 51.9 Å². The van der Waals surface area contributed by atoms with Crippen molar-refractivity contribution in [1.29, 1.82) is 0 Å². The molecule has 7 nitrogen and oxygen atoms in total. The largest absolute Gasteiger partial charge is 0.379 e. The standard InChI is InChI=1S/C23H38N6O/c1-4-19(5-2)21(28-13-15-30-16-14-28)17-26-23(24-6-3)25-11-10-20-18-29-12-8-7-9-22(29)27-20/h7-9,12,18-19,21H,4-6,10-11,13-17H2,1-3H3,(H2,24,25,26). The maximum Gasteiger partial charge on any atom is 0.191 e. The molecule has 7 heteroatoms. The number of nitrogens with zero attached hydrogens (tertiary/aromatic N) is 4. The summed E-state index contributed by atoms with van der Waals surface area (Å²) in [5, 5.41) is 6.89. The molecule has 1 unspecified atom stereocenters. The van der Waals surface area contributed by atoms with Crippen LogP contribution in [0.2, 0.25) is 0 Å². The Morgan fingerprint density at radius 2 is 1.97 bits per heavy atom. The van der Waals surface area contributed by atoms with Gasteiger partial charge in [-0.15, -0.1) is 0 Å². The molecule has 0 aliphatic carbocycles. The minimum atomic E-state index is 0.470.